The molecular formula is C32H40Cl2SiZr-2. The van der Waals surface area contributed by atoms with Gasteiger partial charge in [0.25, 0.3) is 0 Å². The van der Waals surface area contributed by atoms with E-state index < -0.39 is 0 Å². The van der Waals surface area contributed by atoms with Crippen LogP contribution in [-0.4, -0.2) is 5.43 Å². The van der Waals surface area contributed by atoms with E-state index in [0.29, 0.717) is 0 Å². The van der Waals surface area contributed by atoms with Gasteiger partial charge in [0.1, 0.15) is 0 Å². The number of rotatable bonds is 4. The number of hydrogen-bond donors (Lipinski definition) is 0. The Kier molecular flexibility index (Phi) is 16.8. The normalized spacial score (nSPS) is 9.61. The van der Waals surface area contributed by atoms with Crippen LogP contribution >= 0.6 is 0 Å². The molecule has 4 rings (SSSR count). The Morgan fingerprint density at radius 3 is 1.11 bits per heavy atom. The van der Waals surface area contributed by atoms with Crippen LogP contribution in [0.5, 0.6) is 0 Å². The van der Waals surface area contributed by atoms with Crippen molar-refractivity contribution in [2.75, 3.05) is 0 Å². The first-order valence-corrected chi connectivity index (χ1v) is 18.5. The standard InChI is InChI=1S/2C15H17.C2H6Si.2ClH.Zr/c2*1-4-13-6-5-7-14(10-13)15-11(2)8-9-12(15)3;1-3-2;;;/h2*5-10H,4H2,1-3H3;1-2H3;2*1H;/q2*-1;;;;+2/p-2. The summed E-state index contributed by atoms with van der Waals surface area (Å²) in [5, 5.41) is 0. The van der Waals surface area contributed by atoms with Gasteiger partial charge >= 0.3 is 41.9 Å². The second-order valence-corrected chi connectivity index (χ2v) is 18.6. The molecule has 0 aliphatic heterocycles. The maximum Gasteiger partial charge on any atom is -1.00 e. The summed E-state index contributed by atoms with van der Waals surface area (Å²) in [6, 6.07) is 26.5. The van der Waals surface area contributed by atoms with Crippen molar-refractivity contribution in [3.05, 3.63) is 106 Å². The van der Waals surface area contributed by atoms with E-state index in [1.807, 2.05) is 0 Å². The second-order valence-electron chi connectivity index (χ2n) is 9.26. The van der Waals surface area contributed by atoms with Crippen molar-refractivity contribution in [2.45, 2.75) is 67.5 Å². The number of hydrogen-bond acceptors (Lipinski definition) is 0. The predicted octanol–water partition coefficient (Wildman–Crippen LogP) is 3.30. The van der Waals surface area contributed by atoms with Crippen LogP contribution in [0.3, 0.4) is 0 Å². The monoisotopic (exact) mass is 612 g/mol. The molecule has 0 aliphatic rings. The Morgan fingerprint density at radius 2 is 0.861 bits per heavy atom. The van der Waals surface area contributed by atoms with E-state index in [0.717, 1.165) is 12.8 Å². The first-order valence-electron chi connectivity index (χ1n) is 12.3. The van der Waals surface area contributed by atoms with E-state index in [1.165, 1.54) is 55.6 Å². The van der Waals surface area contributed by atoms with Crippen molar-refractivity contribution in [3.8, 4) is 22.3 Å². The van der Waals surface area contributed by atoms with Crippen LogP contribution in [0.1, 0.15) is 47.2 Å². The maximum absolute atomic E-state index is 2.31. The number of benzene rings is 2. The Morgan fingerprint density at radius 1 is 0.583 bits per heavy atom. The van der Waals surface area contributed by atoms with E-state index in [4.69, 9.17) is 0 Å². The molecule has 0 N–H and O–H groups in total. The van der Waals surface area contributed by atoms with E-state index in [1.54, 1.807) is 23.3 Å². The van der Waals surface area contributed by atoms with Crippen molar-refractivity contribution in [1.82, 2.24) is 0 Å². The zero-order valence-corrected chi connectivity index (χ0v) is 28.1. The number of aryl methyl sites for hydroxylation is 6. The minimum atomic E-state index is 0. The summed E-state index contributed by atoms with van der Waals surface area (Å²) in [6.45, 7) is 17.7. The summed E-state index contributed by atoms with van der Waals surface area (Å²) in [4.78, 5) is 0. The third-order valence-electron chi connectivity index (χ3n) is 5.99. The van der Waals surface area contributed by atoms with E-state index >= 15 is 0 Å². The van der Waals surface area contributed by atoms with Crippen LogP contribution in [-0.2, 0) is 36.2 Å². The SMILES string of the molecule is CCc1cccc(-[c-]2c(C)ccc2C)c1.CCc1cccc(-[c-]2c(C)ccc2C)c1.C[Si](C)=[Zr+2].[Cl-].[Cl-]. The topological polar surface area (TPSA) is 0 Å². The molecule has 0 amide bonds. The van der Waals surface area contributed by atoms with E-state index in [2.05, 4.69) is 127 Å². The molecular weight excluding hydrogens is 575 g/mol. The van der Waals surface area contributed by atoms with Crippen molar-refractivity contribution in [2.24, 2.45) is 0 Å². The zero-order valence-electron chi connectivity index (χ0n) is 23.1. The van der Waals surface area contributed by atoms with Gasteiger partial charge in [-0.15, -0.1) is 81.9 Å². The van der Waals surface area contributed by atoms with Crippen LogP contribution in [0.4, 0.5) is 0 Å². The summed E-state index contributed by atoms with van der Waals surface area (Å²) in [5.41, 5.74) is 14.1. The Balaban J connectivity index is 0.000000566. The first-order chi connectivity index (χ1) is 16.2. The first kappa shape index (κ1) is 34.8. The van der Waals surface area contributed by atoms with Gasteiger partial charge in [0.2, 0.25) is 0 Å². The van der Waals surface area contributed by atoms with Crippen molar-refractivity contribution >= 4 is 5.43 Å². The Labute approximate surface area is 247 Å². The molecule has 0 atom stereocenters. The van der Waals surface area contributed by atoms with E-state index in [9.17, 15) is 0 Å². The van der Waals surface area contributed by atoms with Gasteiger partial charge in [-0.05, 0) is 12.8 Å². The number of halogens is 2. The minimum absolute atomic E-state index is 0. The van der Waals surface area contributed by atoms with Crippen molar-refractivity contribution < 1.29 is 48.1 Å². The molecule has 0 spiro atoms. The van der Waals surface area contributed by atoms with E-state index in [-0.39, 0.29) is 30.2 Å². The van der Waals surface area contributed by atoms with Gasteiger partial charge in [0, 0.05) is 0 Å². The van der Waals surface area contributed by atoms with Crippen LogP contribution in [0.15, 0.2) is 72.8 Å². The summed E-state index contributed by atoms with van der Waals surface area (Å²) in [5.74, 6) is 0. The molecule has 192 valence electrons. The third kappa shape index (κ3) is 10.3. The molecule has 0 radical (unpaired) electrons. The quantitative estimate of drug-likeness (QED) is 0.245. The molecule has 0 unspecified atom stereocenters. The van der Waals surface area contributed by atoms with Gasteiger partial charge in [0.05, 0.1) is 0 Å². The average Bonchev–Trinajstić information content (AvgIpc) is 3.33. The maximum atomic E-state index is 2.31. The third-order valence-corrected chi connectivity index (χ3v) is 5.99. The van der Waals surface area contributed by atoms with Gasteiger partial charge in [-0.3, -0.25) is 0 Å². The predicted molar refractivity (Wildman–Crippen MR) is 150 cm³/mol. The van der Waals surface area contributed by atoms with Crippen LogP contribution in [0, 0.1) is 27.7 Å². The Hall–Kier alpha value is -1.18. The molecule has 4 aromatic carbocycles. The summed E-state index contributed by atoms with van der Waals surface area (Å²) >= 11 is 1.74. The molecule has 0 heterocycles. The molecule has 0 saturated heterocycles. The molecule has 4 aromatic rings. The van der Waals surface area contributed by atoms with Crippen LogP contribution < -0.4 is 24.8 Å². The van der Waals surface area contributed by atoms with Gasteiger partial charge in [-0.2, -0.15) is 0 Å². The largest absolute Gasteiger partial charge is 1.00 e. The smallest absolute Gasteiger partial charge is 1.00 e. The van der Waals surface area contributed by atoms with Gasteiger partial charge in [0.15, 0.2) is 0 Å². The fourth-order valence-corrected chi connectivity index (χ4v) is 4.26. The Bertz CT molecular complexity index is 1080. The summed E-state index contributed by atoms with van der Waals surface area (Å²) in [6.07, 6.45) is 2.21. The molecule has 0 fully saturated rings. The van der Waals surface area contributed by atoms with Crippen LogP contribution in [0.25, 0.3) is 22.3 Å². The molecule has 0 aromatic heterocycles. The zero-order chi connectivity index (χ0) is 25.3. The molecule has 0 aliphatic carbocycles. The van der Waals surface area contributed by atoms with Gasteiger partial charge in [-0.25, -0.2) is 0 Å². The van der Waals surface area contributed by atoms with Gasteiger partial charge < -0.3 is 24.8 Å². The molecule has 0 nitrogen and oxygen atoms in total. The van der Waals surface area contributed by atoms with Crippen molar-refractivity contribution in [3.63, 3.8) is 0 Å². The molecule has 36 heavy (non-hydrogen) atoms. The fraction of sp³-hybridized carbons (Fsp3) is 0.312. The van der Waals surface area contributed by atoms with Crippen LogP contribution in [0.2, 0.25) is 13.1 Å². The minimum Gasteiger partial charge on any atom is -1.00 e. The second kappa shape index (κ2) is 17.4. The summed E-state index contributed by atoms with van der Waals surface area (Å²) in [7, 11) is 0. The fourth-order valence-electron chi connectivity index (χ4n) is 4.26. The van der Waals surface area contributed by atoms with Crippen molar-refractivity contribution in [1.29, 1.82) is 0 Å². The molecule has 4 heteroatoms. The average molecular weight is 615 g/mol. The van der Waals surface area contributed by atoms with Gasteiger partial charge in [-0.1, -0.05) is 88.1 Å². The molecule has 0 bridgehead atoms. The molecule has 0 saturated carbocycles. The summed E-state index contributed by atoms with van der Waals surface area (Å²) < 4.78 is 0.